The highest BCUT2D eigenvalue weighted by atomic mass is 19.1. The fourth-order valence-electron chi connectivity index (χ4n) is 3.13. The van der Waals surface area contributed by atoms with Gasteiger partial charge in [0.15, 0.2) is 0 Å². The number of benzene rings is 2. The lowest BCUT2D eigenvalue weighted by Crippen LogP contribution is -2.16. The van der Waals surface area contributed by atoms with Gasteiger partial charge in [-0.2, -0.15) is 4.98 Å². The zero-order valence-electron chi connectivity index (χ0n) is 13.8. The molecule has 0 radical (unpaired) electrons. The van der Waals surface area contributed by atoms with E-state index < -0.39 is 0 Å². The van der Waals surface area contributed by atoms with Crippen LogP contribution in [-0.2, 0) is 12.8 Å². The molecule has 0 fully saturated rings. The molecule has 0 saturated heterocycles. The third kappa shape index (κ3) is 3.45. The average molecular weight is 334 g/mol. The fraction of sp³-hybridized carbons (Fsp3) is 0.200. The van der Waals surface area contributed by atoms with Crippen molar-refractivity contribution < 1.29 is 4.39 Å². The summed E-state index contributed by atoms with van der Waals surface area (Å²) in [6.07, 6.45) is 3.61. The van der Waals surface area contributed by atoms with Crippen LogP contribution in [0.3, 0.4) is 0 Å². The number of para-hydroxylation sites is 1. The third-order valence-corrected chi connectivity index (χ3v) is 4.41. The van der Waals surface area contributed by atoms with Crippen molar-refractivity contribution >= 4 is 17.5 Å². The van der Waals surface area contributed by atoms with Crippen molar-refractivity contribution in [1.29, 1.82) is 0 Å². The molecular weight excluding hydrogens is 315 g/mol. The van der Waals surface area contributed by atoms with Gasteiger partial charge in [0.05, 0.1) is 0 Å². The summed E-state index contributed by atoms with van der Waals surface area (Å²) >= 11 is 0. The number of hydrogen-bond acceptors (Lipinski definition) is 4. The molecule has 1 aliphatic rings. The zero-order valence-corrected chi connectivity index (χ0v) is 13.8. The van der Waals surface area contributed by atoms with Gasteiger partial charge in [0.2, 0.25) is 5.95 Å². The first-order valence-corrected chi connectivity index (χ1v) is 8.46. The minimum absolute atomic E-state index is 0.210. The van der Waals surface area contributed by atoms with Crippen LogP contribution >= 0.6 is 0 Å². The second-order valence-corrected chi connectivity index (χ2v) is 6.07. The van der Waals surface area contributed by atoms with Gasteiger partial charge in [0, 0.05) is 25.0 Å². The van der Waals surface area contributed by atoms with E-state index in [9.17, 15) is 4.39 Å². The number of anilines is 3. The van der Waals surface area contributed by atoms with Crippen LogP contribution in [0.5, 0.6) is 0 Å². The minimum Gasteiger partial charge on any atom is -0.354 e. The average Bonchev–Trinajstić information content (AvgIpc) is 3.08. The molecule has 25 heavy (non-hydrogen) atoms. The normalized spacial score (nSPS) is 12.9. The Hall–Kier alpha value is -2.95. The van der Waals surface area contributed by atoms with E-state index in [1.54, 1.807) is 18.3 Å². The van der Waals surface area contributed by atoms with E-state index in [0.717, 1.165) is 30.8 Å². The molecule has 0 spiro atoms. The van der Waals surface area contributed by atoms with E-state index in [2.05, 4.69) is 44.5 Å². The number of rotatable bonds is 5. The van der Waals surface area contributed by atoms with Gasteiger partial charge >= 0.3 is 0 Å². The summed E-state index contributed by atoms with van der Waals surface area (Å²) in [5, 5.41) is 3.25. The smallest absolute Gasteiger partial charge is 0.224 e. The first-order valence-electron chi connectivity index (χ1n) is 8.46. The van der Waals surface area contributed by atoms with Gasteiger partial charge in [-0.05, 0) is 48.2 Å². The van der Waals surface area contributed by atoms with Crippen molar-refractivity contribution in [2.24, 2.45) is 0 Å². The lowest BCUT2D eigenvalue weighted by Gasteiger charge is -2.18. The standard InChI is InChI=1S/C20H19FN4/c21-17-7-5-15(6-8-17)9-12-22-20-23-13-10-19(24-20)25-14-11-16-3-1-2-4-18(16)25/h1-8,10,13H,9,11-12,14H2,(H,22,23,24). The Morgan fingerprint density at radius 2 is 1.88 bits per heavy atom. The highest BCUT2D eigenvalue weighted by molar-refractivity contribution is 5.67. The molecule has 2 heterocycles. The van der Waals surface area contributed by atoms with Crippen LogP contribution in [0.25, 0.3) is 0 Å². The van der Waals surface area contributed by atoms with Crippen molar-refractivity contribution in [3.8, 4) is 0 Å². The molecule has 3 aromatic rings. The van der Waals surface area contributed by atoms with Crippen molar-refractivity contribution in [2.75, 3.05) is 23.3 Å². The van der Waals surface area contributed by atoms with E-state index in [1.165, 1.54) is 23.4 Å². The quantitative estimate of drug-likeness (QED) is 0.767. The Morgan fingerprint density at radius 1 is 1.04 bits per heavy atom. The van der Waals surface area contributed by atoms with E-state index in [0.29, 0.717) is 12.5 Å². The van der Waals surface area contributed by atoms with E-state index in [-0.39, 0.29) is 5.82 Å². The van der Waals surface area contributed by atoms with Gasteiger partial charge in [0.25, 0.3) is 0 Å². The van der Waals surface area contributed by atoms with Crippen LogP contribution in [0.4, 0.5) is 21.8 Å². The molecule has 2 aromatic carbocycles. The molecule has 126 valence electrons. The fourth-order valence-corrected chi connectivity index (χ4v) is 3.13. The largest absolute Gasteiger partial charge is 0.354 e. The van der Waals surface area contributed by atoms with Gasteiger partial charge in [-0.15, -0.1) is 0 Å². The van der Waals surface area contributed by atoms with Gasteiger partial charge in [-0.3, -0.25) is 0 Å². The Bertz CT molecular complexity index is 864. The monoisotopic (exact) mass is 334 g/mol. The maximum Gasteiger partial charge on any atom is 0.224 e. The van der Waals surface area contributed by atoms with Gasteiger partial charge < -0.3 is 10.2 Å². The second-order valence-electron chi connectivity index (χ2n) is 6.07. The molecule has 1 aromatic heterocycles. The maximum absolute atomic E-state index is 12.9. The summed E-state index contributed by atoms with van der Waals surface area (Å²) in [5.41, 5.74) is 3.66. The van der Waals surface area contributed by atoms with Crippen molar-refractivity contribution in [3.05, 3.63) is 77.7 Å². The predicted molar refractivity (Wildman–Crippen MR) is 97.8 cm³/mol. The van der Waals surface area contributed by atoms with Crippen LogP contribution in [0.15, 0.2) is 60.8 Å². The molecule has 0 aliphatic carbocycles. The molecule has 0 unspecified atom stereocenters. The van der Waals surface area contributed by atoms with Crippen molar-refractivity contribution in [3.63, 3.8) is 0 Å². The lowest BCUT2D eigenvalue weighted by molar-refractivity contribution is 0.627. The summed E-state index contributed by atoms with van der Waals surface area (Å²) in [4.78, 5) is 11.2. The Kier molecular flexibility index (Phi) is 4.29. The van der Waals surface area contributed by atoms with E-state index >= 15 is 0 Å². The van der Waals surface area contributed by atoms with Crippen LogP contribution < -0.4 is 10.2 Å². The van der Waals surface area contributed by atoms with Crippen molar-refractivity contribution in [1.82, 2.24) is 9.97 Å². The van der Waals surface area contributed by atoms with Crippen LogP contribution in [0.2, 0.25) is 0 Å². The van der Waals surface area contributed by atoms with E-state index in [1.807, 2.05) is 6.07 Å². The molecule has 4 nitrogen and oxygen atoms in total. The Balaban J connectivity index is 1.43. The summed E-state index contributed by atoms with van der Waals surface area (Å²) < 4.78 is 12.9. The maximum atomic E-state index is 12.9. The number of halogens is 1. The summed E-state index contributed by atoms with van der Waals surface area (Å²) in [7, 11) is 0. The molecular formula is C20H19FN4. The van der Waals surface area contributed by atoms with Crippen LogP contribution in [-0.4, -0.2) is 23.1 Å². The second kappa shape index (κ2) is 6.89. The molecule has 0 atom stereocenters. The molecule has 4 rings (SSSR count). The van der Waals surface area contributed by atoms with Gasteiger partial charge in [-0.25, -0.2) is 9.37 Å². The summed E-state index contributed by atoms with van der Waals surface area (Å²) in [5.74, 6) is 1.31. The highest BCUT2D eigenvalue weighted by Gasteiger charge is 2.20. The first-order chi connectivity index (χ1) is 12.3. The van der Waals surface area contributed by atoms with Crippen LogP contribution in [0.1, 0.15) is 11.1 Å². The van der Waals surface area contributed by atoms with Crippen molar-refractivity contribution in [2.45, 2.75) is 12.8 Å². The molecule has 1 N–H and O–H groups in total. The number of nitrogens with zero attached hydrogens (tertiary/aromatic N) is 3. The van der Waals surface area contributed by atoms with Gasteiger partial charge in [-0.1, -0.05) is 30.3 Å². The topological polar surface area (TPSA) is 41.1 Å². The summed E-state index contributed by atoms with van der Waals surface area (Å²) in [6, 6.07) is 16.9. The van der Waals surface area contributed by atoms with Gasteiger partial charge in [0.1, 0.15) is 11.6 Å². The summed E-state index contributed by atoms with van der Waals surface area (Å²) in [6.45, 7) is 1.64. The number of nitrogens with one attached hydrogen (secondary N) is 1. The molecule has 0 saturated carbocycles. The third-order valence-electron chi connectivity index (χ3n) is 4.41. The number of fused-ring (bicyclic) bond motifs is 1. The SMILES string of the molecule is Fc1ccc(CCNc2nccc(N3CCc4ccccc43)n2)cc1. The first kappa shape index (κ1) is 15.6. The molecule has 0 bridgehead atoms. The zero-order chi connectivity index (χ0) is 17.1. The Labute approximate surface area is 146 Å². The van der Waals surface area contributed by atoms with Crippen LogP contribution in [0, 0.1) is 5.82 Å². The highest BCUT2D eigenvalue weighted by Crippen LogP contribution is 2.33. The lowest BCUT2D eigenvalue weighted by atomic mass is 10.1. The Morgan fingerprint density at radius 3 is 2.76 bits per heavy atom. The molecule has 5 heteroatoms. The molecule has 0 amide bonds. The van der Waals surface area contributed by atoms with E-state index in [4.69, 9.17) is 0 Å². The number of aromatic nitrogens is 2. The predicted octanol–water partition coefficient (Wildman–Crippen LogP) is 3.96. The molecule has 1 aliphatic heterocycles. The minimum atomic E-state index is -0.210. The number of hydrogen-bond donors (Lipinski definition) is 1.